The molecule has 14 heavy (non-hydrogen) atoms. The first-order chi connectivity index (χ1) is 6.65. The summed E-state index contributed by atoms with van der Waals surface area (Å²) in [6.45, 7) is 4.22. The zero-order valence-electron chi connectivity index (χ0n) is 8.04. The molecule has 0 fully saturated rings. The van der Waals surface area contributed by atoms with Gasteiger partial charge >= 0.3 is 0 Å². The van der Waals surface area contributed by atoms with Gasteiger partial charge in [0.1, 0.15) is 0 Å². The Morgan fingerprint density at radius 1 is 1.07 bits per heavy atom. The van der Waals surface area contributed by atoms with E-state index in [1.54, 1.807) is 0 Å². The van der Waals surface area contributed by atoms with Crippen LogP contribution in [-0.4, -0.2) is 4.37 Å². The van der Waals surface area contributed by atoms with Crippen molar-refractivity contribution in [3.05, 3.63) is 39.2 Å². The summed E-state index contributed by atoms with van der Waals surface area (Å²) in [5, 5.41) is 0. The van der Waals surface area contributed by atoms with Gasteiger partial charge in [0.2, 0.25) is 0 Å². The van der Waals surface area contributed by atoms with Gasteiger partial charge in [-0.05, 0) is 59.5 Å². The molecule has 1 aromatic carbocycles. The van der Waals surface area contributed by atoms with Crippen LogP contribution in [0.2, 0.25) is 0 Å². The average molecular weight is 268 g/mol. The molecule has 0 aliphatic heterocycles. The molecule has 0 aliphatic carbocycles. The van der Waals surface area contributed by atoms with Crippen molar-refractivity contribution in [1.82, 2.24) is 4.37 Å². The number of aryl methyl sites for hydroxylation is 2. The Kier molecular flexibility index (Phi) is 2.70. The van der Waals surface area contributed by atoms with Crippen LogP contribution in [-0.2, 0) is 0 Å². The normalized spacial score (nSPS) is 10.5. The SMILES string of the molecule is Cc1cc(C)cc(-c2cc(Br)sn2)c1. The van der Waals surface area contributed by atoms with Crippen LogP contribution in [0.15, 0.2) is 28.1 Å². The Hall–Kier alpha value is -0.670. The van der Waals surface area contributed by atoms with E-state index in [0.29, 0.717) is 0 Å². The molecule has 0 aliphatic rings. The molecule has 0 atom stereocenters. The molecule has 1 nitrogen and oxygen atoms in total. The zero-order valence-corrected chi connectivity index (χ0v) is 10.4. The van der Waals surface area contributed by atoms with E-state index in [0.717, 1.165) is 9.48 Å². The van der Waals surface area contributed by atoms with Gasteiger partial charge in [0, 0.05) is 5.56 Å². The van der Waals surface area contributed by atoms with Crippen molar-refractivity contribution in [3.63, 3.8) is 0 Å². The maximum absolute atomic E-state index is 4.36. The van der Waals surface area contributed by atoms with Crippen LogP contribution in [0.3, 0.4) is 0 Å². The van der Waals surface area contributed by atoms with E-state index in [9.17, 15) is 0 Å². The molecule has 2 rings (SSSR count). The smallest absolute Gasteiger partial charge is 0.0911 e. The average Bonchev–Trinajstić information content (AvgIpc) is 2.50. The van der Waals surface area contributed by atoms with Crippen LogP contribution >= 0.6 is 27.5 Å². The topological polar surface area (TPSA) is 12.9 Å². The van der Waals surface area contributed by atoms with Crippen LogP contribution in [0.25, 0.3) is 11.3 Å². The lowest BCUT2D eigenvalue weighted by molar-refractivity contribution is 1.37. The van der Waals surface area contributed by atoms with Crippen molar-refractivity contribution in [2.24, 2.45) is 0 Å². The number of benzene rings is 1. The number of rotatable bonds is 1. The fourth-order valence-electron chi connectivity index (χ4n) is 1.51. The van der Waals surface area contributed by atoms with Crippen molar-refractivity contribution in [3.8, 4) is 11.3 Å². The molecule has 3 heteroatoms. The molecular weight excluding hydrogens is 258 g/mol. The van der Waals surface area contributed by atoms with Crippen molar-refractivity contribution in [1.29, 1.82) is 0 Å². The highest BCUT2D eigenvalue weighted by molar-refractivity contribution is 9.11. The van der Waals surface area contributed by atoms with Crippen LogP contribution in [0.4, 0.5) is 0 Å². The minimum Gasteiger partial charge on any atom is -0.191 e. The van der Waals surface area contributed by atoms with Crippen molar-refractivity contribution >= 4 is 27.5 Å². The van der Waals surface area contributed by atoms with Gasteiger partial charge in [-0.15, -0.1) is 0 Å². The summed E-state index contributed by atoms with van der Waals surface area (Å²) in [6, 6.07) is 8.55. The van der Waals surface area contributed by atoms with Gasteiger partial charge in [-0.2, -0.15) is 4.37 Å². The van der Waals surface area contributed by atoms with E-state index in [1.807, 2.05) is 0 Å². The number of halogens is 1. The molecule has 0 N–H and O–H groups in total. The van der Waals surface area contributed by atoms with Gasteiger partial charge in [0.25, 0.3) is 0 Å². The highest BCUT2D eigenvalue weighted by Crippen LogP contribution is 2.26. The molecule has 2 aromatic rings. The molecule has 1 aromatic heterocycles. The summed E-state index contributed by atoms with van der Waals surface area (Å²) in [4.78, 5) is 0. The predicted octanol–water partition coefficient (Wildman–Crippen LogP) is 4.19. The van der Waals surface area contributed by atoms with Gasteiger partial charge < -0.3 is 0 Å². The monoisotopic (exact) mass is 267 g/mol. The Morgan fingerprint density at radius 2 is 1.71 bits per heavy atom. The van der Waals surface area contributed by atoms with Crippen molar-refractivity contribution in [2.75, 3.05) is 0 Å². The number of aromatic nitrogens is 1. The molecule has 0 amide bonds. The van der Waals surface area contributed by atoms with Crippen LogP contribution in [0.1, 0.15) is 11.1 Å². The zero-order chi connectivity index (χ0) is 10.1. The molecule has 0 saturated heterocycles. The van der Waals surface area contributed by atoms with E-state index in [4.69, 9.17) is 0 Å². The van der Waals surface area contributed by atoms with E-state index < -0.39 is 0 Å². The summed E-state index contributed by atoms with van der Waals surface area (Å²) >= 11 is 4.90. The number of hydrogen-bond donors (Lipinski definition) is 0. The fraction of sp³-hybridized carbons (Fsp3) is 0.182. The van der Waals surface area contributed by atoms with Gasteiger partial charge in [-0.25, -0.2) is 0 Å². The highest BCUT2D eigenvalue weighted by Gasteiger charge is 2.03. The quantitative estimate of drug-likeness (QED) is 0.755. The van der Waals surface area contributed by atoms with Gasteiger partial charge in [-0.1, -0.05) is 17.2 Å². The second-order valence-electron chi connectivity index (χ2n) is 3.39. The van der Waals surface area contributed by atoms with Crippen LogP contribution in [0, 0.1) is 13.8 Å². The number of nitrogens with zero attached hydrogens (tertiary/aromatic N) is 1. The largest absolute Gasteiger partial charge is 0.191 e. The van der Waals surface area contributed by atoms with Gasteiger partial charge in [-0.3, -0.25) is 0 Å². The molecule has 0 saturated carbocycles. The third kappa shape index (κ3) is 2.04. The minimum atomic E-state index is 1.05. The lowest BCUT2D eigenvalue weighted by Gasteiger charge is -2.01. The van der Waals surface area contributed by atoms with E-state index in [1.165, 1.54) is 28.2 Å². The summed E-state index contributed by atoms with van der Waals surface area (Å²) < 4.78 is 5.44. The first kappa shape index (κ1) is 9.87. The Morgan fingerprint density at radius 3 is 2.21 bits per heavy atom. The fourth-order valence-corrected chi connectivity index (χ4v) is 2.45. The molecule has 0 spiro atoms. The van der Waals surface area contributed by atoms with E-state index >= 15 is 0 Å². The summed E-state index contributed by atoms with van der Waals surface area (Å²) in [6.07, 6.45) is 0. The second kappa shape index (κ2) is 3.83. The number of hydrogen-bond acceptors (Lipinski definition) is 2. The van der Waals surface area contributed by atoms with Crippen LogP contribution < -0.4 is 0 Å². The molecule has 72 valence electrons. The molecule has 1 heterocycles. The van der Waals surface area contributed by atoms with Crippen molar-refractivity contribution < 1.29 is 0 Å². The molecule has 0 unspecified atom stereocenters. The Bertz CT molecular complexity index is 442. The lowest BCUT2D eigenvalue weighted by atomic mass is 10.1. The van der Waals surface area contributed by atoms with E-state index in [-0.39, 0.29) is 0 Å². The maximum Gasteiger partial charge on any atom is 0.0911 e. The highest BCUT2D eigenvalue weighted by atomic mass is 79.9. The lowest BCUT2D eigenvalue weighted by Crippen LogP contribution is -1.81. The van der Waals surface area contributed by atoms with Crippen LogP contribution in [0.5, 0.6) is 0 Å². The van der Waals surface area contributed by atoms with E-state index in [2.05, 4.69) is 58.4 Å². The summed E-state index contributed by atoms with van der Waals surface area (Å²) in [5.74, 6) is 0. The maximum atomic E-state index is 4.36. The third-order valence-electron chi connectivity index (χ3n) is 2.00. The van der Waals surface area contributed by atoms with Gasteiger partial charge in [0.15, 0.2) is 0 Å². The first-order valence-electron chi connectivity index (χ1n) is 4.36. The first-order valence-corrected chi connectivity index (χ1v) is 5.93. The summed E-state index contributed by atoms with van der Waals surface area (Å²) in [7, 11) is 0. The Labute approximate surface area is 96.1 Å². The Balaban J connectivity index is 2.51. The van der Waals surface area contributed by atoms with Crippen molar-refractivity contribution in [2.45, 2.75) is 13.8 Å². The van der Waals surface area contributed by atoms with Gasteiger partial charge in [0.05, 0.1) is 9.48 Å². The molecule has 0 bridgehead atoms. The molecule has 0 radical (unpaired) electrons. The molecular formula is C11H10BrNS. The predicted molar refractivity (Wildman–Crippen MR) is 64.7 cm³/mol. The third-order valence-corrected chi connectivity index (χ3v) is 3.24. The summed E-state index contributed by atoms with van der Waals surface area (Å²) in [5.41, 5.74) is 4.81. The second-order valence-corrected chi connectivity index (χ2v) is 5.58. The standard InChI is InChI=1S/C11H10BrNS/c1-7-3-8(2)5-9(4-7)10-6-11(12)14-13-10/h3-6H,1-2H3. The minimum absolute atomic E-state index is 1.05.